The van der Waals surface area contributed by atoms with Gasteiger partial charge in [0, 0.05) is 16.2 Å². The van der Waals surface area contributed by atoms with E-state index in [-0.39, 0.29) is 12.2 Å². The first-order valence-electron chi connectivity index (χ1n) is 7.71. The Bertz CT molecular complexity index is 854. The molecule has 0 spiro atoms. The normalized spacial score (nSPS) is 16.2. The van der Waals surface area contributed by atoms with Crippen LogP contribution in [-0.4, -0.2) is 16.9 Å². The molecule has 0 aliphatic heterocycles. The second-order valence-electron chi connectivity index (χ2n) is 5.62. The standard InChI is InChI=1S/C20H16O3S2/c21-16-10-6-14(7-11-16)20(24,19(22)23)15-8-12-18(13-9-15)25-17-4-2-1-3-5-17/h1-10,12-13,24H,11H2,(H,22,23). The maximum absolute atomic E-state index is 11.9. The SMILES string of the molecule is O=C1C=CC(C(S)(C(=O)O)c2ccc(Sc3ccccc3)cc2)=CC1. The molecule has 0 aromatic heterocycles. The largest absolute Gasteiger partial charge is 0.480 e. The second-order valence-corrected chi connectivity index (χ2v) is 7.44. The number of ketones is 1. The van der Waals surface area contributed by atoms with Crippen molar-refractivity contribution in [2.45, 2.75) is 21.0 Å². The molecule has 1 N–H and O–H groups in total. The minimum atomic E-state index is -1.48. The first-order chi connectivity index (χ1) is 12.0. The summed E-state index contributed by atoms with van der Waals surface area (Å²) in [7, 11) is 0. The lowest BCUT2D eigenvalue weighted by Gasteiger charge is -2.27. The molecule has 0 heterocycles. The summed E-state index contributed by atoms with van der Waals surface area (Å²) in [6.07, 6.45) is 4.78. The average Bonchev–Trinajstić information content (AvgIpc) is 2.63. The van der Waals surface area contributed by atoms with Gasteiger partial charge in [-0.1, -0.05) is 54.2 Å². The van der Waals surface area contributed by atoms with Gasteiger partial charge in [0.25, 0.3) is 0 Å². The van der Waals surface area contributed by atoms with Crippen LogP contribution in [0.5, 0.6) is 0 Å². The molecule has 1 aliphatic rings. The van der Waals surface area contributed by atoms with Crippen molar-refractivity contribution in [1.82, 2.24) is 0 Å². The number of benzene rings is 2. The lowest BCUT2D eigenvalue weighted by Crippen LogP contribution is -2.32. The Morgan fingerprint density at radius 2 is 1.64 bits per heavy atom. The lowest BCUT2D eigenvalue weighted by atomic mass is 9.87. The molecular weight excluding hydrogens is 352 g/mol. The van der Waals surface area contributed by atoms with E-state index in [0.717, 1.165) is 9.79 Å². The van der Waals surface area contributed by atoms with Gasteiger partial charge in [0.05, 0.1) is 0 Å². The van der Waals surface area contributed by atoms with Crippen LogP contribution in [0, 0.1) is 0 Å². The quantitative estimate of drug-likeness (QED) is 0.763. The van der Waals surface area contributed by atoms with E-state index in [4.69, 9.17) is 0 Å². The Balaban J connectivity index is 1.89. The van der Waals surface area contributed by atoms with E-state index in [1.807, 2.05) is 42.5 Å². The van der Waals surface area contributed by atoms with Gasteiger partial charge in [-0.3, -0.25) is 4.79 Å². The molecule has 3 nitrogen and oxygen atoms in total. The van der Waals surface area contributed by atoms with E-state index >= 15 is 0 Å². The van der Waals surface area contributed by atoms with Crippen molar-refractivity contribution in [2.75, 3.05) is 0 Å². The number of thiol groups is 1. The first-order valence-corrected chi connectivity index (χ1v) is 8.97. The summed E-state index contributed by atoms with van der Waals surface area (Å²) >= 11 is 6.08. The van der Waals surface area contributed by atoms with E-state index in [1.54, 1.807) is 36.0 Å². The van der Waals surface area contributed by atoms with E-state index in [0.29, 0.717) is 11.1 Å². The number of allylic oxidation sites excluding steroid dienone is 3. The zero-order chi connectivity index (χ0) is 17.9. The van der Waals surface area contributed by atoms with Crippen LogP contribution in [0.2, 0.25) is 0 Å². The fourth-order valence-electron chi connectivity index (χ4n) is 2.60. The van der Waals surface area contributed by atoms with Crippen molar-refractivity contribution in [3.8, 4) is 0 Å². The summed E-state index contributed by atoms with van der Waals surface area (Å²) in [5, 5.41) is 9.77. The Morgan fingerprint density at radius 1 is 1.00 bits per heavy atom. The molecule has 0 saturated heterocycles. The zero-order valence-corrected chi connectivity index (χ0v) is 15.0. The number of rotatable bonds is 5. The van der Waals surface area contributed by atoms with Crippen LogP contribution in [0.15, 0.2) is 88.2 Å². The van der Waals surface area contributed by atoms with Crippen molar-refractivity contribution in [1.29, 1.82) is 0 Å². The second kappa shape index (κ2) is 7.33. The Labute approximate surface area is 155 Å². The van der Waals surface area contributed by atoms with Gasteiger partial charge in [-0.2, -0.15) is 12.6 Å². The third-order valence-corrected chi connectivity index (χ3v) is 5.67. The minimum absolute atomic E-state index is 0.0422. The molecule has 2 aromatic rings. The van der Waals surface area contributed by atoms with Crippen LogP contribution in [0.25, 0.3) is 0 Å². The maximum Gasteiger partial charge on any atom is 0.328 e. The van der Waals surface area contributed by atoms with Crippen LogP contribution in [-0.2, 0) is 14.3 Å². The molecule has 0 saturated carbocycles. The molecule has 2 aromatic carbocycles. The van der Waals surface area contributed by atoms with Crippen molar-refractivity contribution >= 4 is 36.1 Å². The van der Waals surface area contributed by atoms with Gasteiger partial charge < -0.3 is 5.11 Å². The molecule has 3 rings (SSSR count). The van der Waals surface area contributed by atoms with Gasteiger partial charge >= 0.3 is 5.97 Å². The molecule has 126 valence electrons. The van der Waals surface area contributed by atoms with E-state index < -0.39 is 10.7 Å². The molecule has 1 atom stereocenters. The first kappa shape index (κ1) is 17.6. The maximum atomic E-state index is 11.9. The number of carbonyl (C=O) groups is 2. The van der Waals surface area contributed by atoms with Crippen LogP contribution in [0.3, 0.4) is 0 Å². The van der Waals surface area contributed by atoms with Crippen LogP contribution < -0.4 is 0 Å². The molecule has 0 fully saturated rings. The molecule has 0 amide bonds. The zero-order valence-electron chi connectivity index (χ0n) is 13.3. The third kappa shape index (κ3) is 3.72. The van der Waals surface area contributed by atoms with Crippen molar-refractivity contribution in [3.05, 3.63) is 84.0 Å². The molecule has 0 radical (unpaired) electrons. The summed E-state index contributed by atoms with van der Waals surface area (Å²) in [6.45, 7) is 0. The van der Waals surface area contributed by atoms with Crippen LogP contribution in [0.1, 0.15) is 12.0 Å². The van der Waals surface area contributed by atoms with Gasteiger partial charge in [0.1, 0.15) is 0 Å². The van der Waals surface area contributed by atoms with Gasteiger partial charge in [0.2, 0.25) is 0 Å². The minimum Gasteiger partial charge on any atom is -0.480 e. The van der Waals surface area contributed by atoms with Gasteiger partial charge in [-0.05, 0) is 41.5 Å². The van der Waals surface area contributed by atoms with Crippen molar-refractivity contribution in [3.63, 3.8) is 0 Å². The summed E-state index contributed by atoms with van der Waals surface area (Å²) < 4.78 is -1.48. The number of carboxylic acid groups (broad SMARTS) is 1. The number of hydrogen-bond donors (Lipinski definition) is 2. The van der Waals surface area contributed by atoms with Crippen molar-refractivity contribution < 1.29 is 14.7 Å². The molecule has 25 heavy (non-hydrogen) atoms. The predicted molar refractivity (Wildman–Crippen MR) is 102 cm³/mol. The molecule has 0 bridgehead atoms. The highest BCUT2D eigenvalue weighted by atomic mass is 32.2. The topological polar surface area (TPSA) is 54.4 Å². The monoisotopic (exact) mass is 368 g/mol. The molecular formula is C20H16O3S2. The number of carboxylic acids is 1. The number of hydrogen-bond acceptors (Lipinski definition) is 4. The summed E-state index contributed by atoms with van der Waals surface area (Å²) in [5.41, 5.74) is 1.07. The summed E-state index contributed by atoms with van der Waals surface area (Å²) in [5.74, 6) is -1.11. The van der Waals surface area contributed by atoms with Crippen LogP contribution >= 0.6 is 24.4 Å². The Hall–Kier alpha value is -2.24. The van der Waals surface area contributed by atoms with Gasteiger partial charge in [-0.25, -0.2) is 4.79 Å². The molecule has 1 aliphatic carbocycles. The molecule has 5 heteroatoms. The van der Waals surface area contributed by atoms with Gasteiger partial charge in [0.15, 0.2) is 10.5 Å². The fraction of sp³-hybridized carbons (Fsp3) is 0.100. The Morgan fingerprint density at radius 3 is 2.20 bits per heavy atom. The average molecular weight is 368 g/mol. The summed E-state index contributed by atoms with van der Waals surface area (Å²) in [6, 6.07) is 17.3. The molecule has 1 unspecified atom stereocenters. The highest BCUT2D eigenvalue weighted by Gasteiger charge is 2.40. The fourth-order valence-corrected chi connectivity index (χ4v) is 3.75. The third-order valence-electron chi connectivity index (χ3n) is 3.95. The lowest BCUT2D eigenvalue weighted by molar-refractivity contribution is -0.139. The van der Waals surface area contributed by atoms with Crippen LogP contribution in [0.4, 0.5) is 0 Å². The predicted octanol–water partition coefficient (Wildman–Crippen LogP) is 4.50. The van der Waals surface area contributed by atoms with Crippen molar-refractivity contribution in [2.24, 2.45) is 0 Å². The van der Waals surface area contributed by atoms with E-state index in [2.05, 4.69) is 12.6 Å². The van der Waals surface area contributed by atoms with E-state index in [1.165, 1.54) is 6.08 Å². The Kier molecular flexibility index (Phi) is 5.16. The smallest absolute Gasteiger partial charge is 0.328 e. The highest BCUT2D eigenvalue weighted by Crippen LogP contribution is 2.40. The highest BCUT2D eigenvalue weighted by molar-refractivity contribution is 7.99. The number of carbonyl (C=O) groups excluding carboxylic acids is 1. The van der Waals surface area contributed by atoms with E-state index in [9.17, 15) is 14.7 Å². The van der Waals surface area contributed by atoms with Gasteiger partial charge in [-0.15, -0.1) is 0 Å². The summed E-state index contributed by atoms with van der Waals surface area (Å²) in [4.78, 5) is 25.4. The number of aliphatic carboxylic acids is 1.